The van der Waals surface area contributed by atoms with Crippen molar-refractivity contribution < 1.29 is 4.79 Å². The van der Waals surface area contributed by atoms with Gasteiger partial charge in [-0.3, -0.25) is 4.79 Å². The molecule has 0 aliphatic carbocycles. The van der Waals surface area contributed by atoms with Crippen LogP contribution in [-0.4, -0.2) is 37.0 Å². The highest BCUT2D eigenvalue weighted by atomic mass is 32.1. The van der Waals surface area contributed by atoms with Crippen LogP contribution in [0.2, 0.25) is 0 Å². The Balaban J connectivity index is 1.51. The highest BCUT2D eigenvalue weighted by molar-refractivity contribution is 7.12. The van der Waals surface area contributed by atoms with E-state index in [0.29, 0.717) is 0 Å². The third-order valence-electron chi connectivity index (χ3n) is 3.95. The van der Waals surface area contributed by atoms with Crippen LogP contribution in [0.25, 0.3) is 0 Å². The van der Waals surface area contributed by atoms with Crippen molar-refractivity contribution in [1.29, 1.82) is 0 Å². The van der Waals surface area contributed by atoms with Crippen LogP contribution in [0.3, 0.4) is 0 Å². The Morgan fingerprint density at radius 1 is 1.25 bits per heavy atom. The quantitative estimate of drug-likeness (QED) is 0.781. The SMILES string of the molecule is Cc1ccsc1C(=O)NCCCCCN1CCCCC1. The molecule has 0 saturated carbocycles. The van der Waals surface area contributed by atoms with Crippen LogP contribution < -0.4 is 5.32 Å². The second-order valence-electron chi connectivity index (χ2n) is 5.65. The third kappa shape index (κ3) is 4.91. The van der Waals surface area contributed by atoms with Crippen LogP contribution in [0, 0.1) is 6.92 Å². The molecule has 1 saturated heterocycles. The maximum absolute atomic E-state index is 11.9. The molecule has 0 aromatic carbocycles. The predicted octanol–water partition coefficient (Wildman–Crippen LogP) is 3.44. The number of hydrogen-bond donors (Lipinski definition) is 1. The molecule has 0 spiro atoms. The van der Waals surface area contributed by atoms with Gasteiger partial charge in [0.15, 0.2) is 0 Å². The van der Waals surface area contributed by atoms with E-state index in [-0.39, 0.29) is 5.91 Å². The number of nitrogens with one attached hydrogen (secondary N) is 1. The molecule has 1 N–H and O–H groups in total. The lowest BCUT2D eigenvalue weighted by Gasteiger charge is -2.26. The van der Waals surface area contributed by atoms with Gasteiger partial charge >= 0.3 is 0 Å². The van der Waals surface area contributed by atoms with Gasteiger partial charge < -0.3 is 10.2 Å². The summed E-state index contributed by atoms with van der Waals surface area (Å²) in [6.45, 7) is 6.60. The molecule has 0 bridgehead atoms. The van der Waals surface area contributed by atoms with E-state index in [1.807, 2.05) is 18.4 Å². The van der Waals surface area contributed by atoms with Crippen molar-refractivity contribution in [3.05, 3.63) is 21.9 Å². The van der Waals surface area contributed by atoms with Gasteiger partial charge in [-0.25, -0.2) is 0 Å². The van der Waals surface area contributed by atoms with Gasteiger partial charge in [-0.1, -0.05) is 12.8 Å². The van der Waals surface area contributed by atoms with E-state index in [1.54, 1.807) is 0 Å². The number of aryl methyl sites for hydroxylation is 1. The molecule has 3 nitrogen and oxygen atoms in total. The number of nitrogens with zero attached hydrogens (tertiary/aromatic N) is 1. The molecule has 1 fully saturated rings. The number of carbonyl (C=O) groups excluding carboxylic acids is 1. The van der Waals surface area contributed by atoms with Crippen LogP contribution in [0.4, 0.5) is 0 Å². The highest BCUT2D eigenvalue weighted by Crippen LogP contribution is 2.15. The normalized spacial score (nSPS) is 16.2. The Labute approximate surface area is 126 Å². The number of amides is 1. The van der Waals surface area contributed by atoms with Crippen LogP contribution >= 0.6 is 11.3 Å². The Morgan fingerprint density at radius 2 is 2.05 bits per heavy atom. The fourth-order valence-electron chi connectivity index (χ4n) is 2.71. The topological polar surface area (TPSA) is 32.3 Å². The minimum Gasteiger partial charge on any atom is -0.351 e. The second kappa shape index (κ2) is 8.42. The van der Waals surface area contributed by atoms with Crippen LogP contribution in [0.5, 0.6) is 0 Å². The second-order valence-corrected chi connectivity index (χ2v) is 6.57. The molecule has 2 rings (SSSR count). The zero-order chi connectivity index (χ0) is 14.2. The van der Waals surface area contributed by atoms with Crippen molar-refractivity contribution in [3.8, 4) is 0 Å². The van der Waals surface area contributed by atoms with E-state index in [4.69, 9.17) is 0 Å². The first-order valence-electron chi connectivity index (χ1n) is 7.82. The van der Waals surface area contributed by atoms with E-state index >= 15 is 0 Å². The summed E-state index contributed by atoms with van der Waals surface area (Å²) in [6, 6.07) is 2.00. The number of thiophene rings is 1. The number of unbranched alkanes of at least 4 members (excludes halogenated alkanes) is 2. The average Bonchev–Trinajstić information content (AvgIpc) is 2.90. The van der Waals surface area contributed by atoms with Crippen LogP contribution in [0.15, 0.2) is 11.4 Å². The molecule has 1 amide bonds. The molecule has 2 heterocycles. The first-order chi connectivity index (χ1) is 9.77. The summed E-state index contributed by atoms with van der Waals surface area (Å²) in [5.74, 6) is 0.0912. The summed E-state index contributed by atoms with van der Waals surface area (Å²) in [6.07, 6.45) is 7.70. The first-order valence-corrected chi connectivity index (χ1v) is 8.70. The largest absolute Gasteiger partial charge is 0.351 e. The highest BCUT2D eigenvalue weighted by Gasteiger charge is 2.10. The lowest BCUT2D eigenvalue weighted by atomic mass is 10.1. The lowest BCUT2D eigenvalue weighted by molar-refractivity contribution is 0.0956. The summed E-state index contributed by atoms with van der Waals surface area (Å²) in [7, 11) is 0. The Kier molecular flexibility index (Phi) is 6.54. The molecular formula is C16H26N2OS. The lowest BCUT2D eigenvalue weighted by Crippen LogP contribution is -2.30. The molecule has 1 aliphatic heterocycles. The van der Waals surface area contributed by atoms with Crippen molar-refractivity contribution in [2.75, 3.05) is 26.2 Å². The molecule has 20 heavy (non-hydrogen) atoms. The Bertz CT molecular complexity index is 410. The van der Waals surface area contributed by atoms with Crippen LogP contribution in [-0.2, 0) is 0 Å². The van der Waals surface area contributed by atoms with Gasteiger partial charge in [0.25, 0.3) is 5.91 Å². The van der Waals surface area contributed by atoms with Gasteiger partial charge in [0, 0.05) is 6.54 Å². The van der Waals surface area contributed by atoms with Crippen molar-refractivity contribution in [2.45, 2.75) is 45.4 Å². The van der Waals surface area contributed by atoms with Gasteiger partial charge in [0.1, 0.15) is 0 Å². The standard InChI is InChI=1S/C16H26N2OS/c1-14-8-13-20-15(14)16(19)17-9-4-2-5-10-18-11-6-3-7-12-18/h8,13H,2-7,9-12H2,1H3,(H,17,19). The van der Waals surface area contributed by atoms with Crippen molar-refractivity contribution in [1.82, 2.24) is 10.2 Å². The zero-order valence-electron chi connectivity index (χ0n) is 12.5. The molecule has 1 aromatic heterocycles. The van der Waals surface area contributed by atoms with Gasteiger partial charge in [0.05, 0.1) is 4.88 Å². The summed E-state index contributed by atoms with van der Waals surface area (Å²) in [5.41, 5.74) is 1.08. The zero-order valence-corrected chi connectivity index (χ0v) is 13.3. The van der Waals surface area contributed by atoms with E-state index in [2.05, 4.69) is 10.2 Å². The number of hydrogen-bond acceptors (Lipinski definition) is 3. The Morgan fingerprint density at radius 3 is 2.75 bits per heavy atom. The van der Waals surface area contributed by atoms with Gasteiger partial charge in [0.2, 0.25) is 0 Å². The minimum atomic E-state index is 0.0912. The molecule has 0 radical (unpaired) electrons. The number of likely N-dealkylation sites (tertiary alicyclic amines) is 1. The number of piperidine rings is 1. The Hall–Kier alpha value is -0.870. The molecule has 112 valence electrons. The number of carbonyl (C=O) groups is 1. The smallest absolute Gasteiger partial charge is 0.261 e. The van der Waals surface area contributed by atoms with E-state index < -0.39 is 0 Å². The maximum atomic E-state index is 11.9. The minimum absolute atomic E-state index is 0.0912. The third-order valence-corrected chi connectivity index (χ3v) is 4.97. The summed E-state index contributed by atoms with van der Waals surface area (Å²) < 4.78 is 0. The molecule has 4 heteroatoms. The van der Waals surface area contributed by atoms with Crippen molar-refractivity contribution in [3.63, 3.8) is 0 Å². The molecule has 1 aliphatic rings. The molecule has 0 unspecified atom stereocenters. The molecule has 0 atom stereocenters. The summed E-state index contributed by atoms with van der Waals surface area (Å²) in [5, 5.41) is 5.00. The first kappa shape index (κ1) is 15.5. The van der Waals surface area contributed by atoms with Gasteiger partial charge in [-0.15, -0.1) is 11.3 Å². The summed E-state index contributed by atoms with van der Waals surface area (Å²) in [4.78, 5) is 15.3. The maximum Gasteiger partial charge on any atom is 0.261 e. The monoisotopic (exact) mass is 294 g/mol. The van der Waals surface area contributed by atoms with E-state index in [9.17, 15) is 4.79 Å². The van der Waals surface area contributed by atoms with Crippen molar-refractivity contribution in [2.24, 2.45) is 0 Å². The summed E-state index contributed by atoms with van der Waals surface area (Å²) >= 11 is 1.53. The predicted molar refractivity (Wildman–Crippen MR) is 85.5 cm³/mol. The van der Waals surface area contributed by atoms with E-state index in [0.717, 1.165) is 23.4 Å². The van der Waals surface area contributed by atoms with Crippen LogP contribution in [0.1, 0.15) is 53.8 Å². The average molecular weight is 294 g/mol. The van der Waals surface area contributed by atoms with Gasteiger partial charge in [-0.2, -0.15) is 0 Å². The molecule has 1 aromatic rings. The number of rotatable bonds is 7. The molecular weight excluding hydrogens is 268 g/mol. The van der Waals surface area contributed by atoms with E-state index in [1.165, 1.54) is 63.1 Å². The van der Waals surface area contributed by atoms with Gasteiger partial charge in [-0.05, 0) is 69.3 Å². The fraction of sp³-hybridized carbons (Fsp3) is 0.688. The fourth-order valence-corrected chi connectivity index (χ4v) is 3.55. The van der Waals surface area contributed by atoms with Crippen molar-refractivity contribution >= 4 is 17.2 Å².